The van der Waals surface area contributed by atoms with Crippen molar-refractivity contribution < 1.29 is 14.2 Å². The molecule has 0 bridgehead atoms. The topological polar surface area (TPSA) is 29.5 Å². The third kappa shape index (κ3) is 3.55. The zero-order valence-corrected chi connectivity index (χ0v) is 12.0. The molecule has 4 heteroatoms. The predicted octanol–water partition coefficient (Wildman–Crippen LogP) is 4.22. The SMILES string of the molecule is CC(O)c1ccc(OCc2ccccc2Br)c(F)c1. The van der Waals surface area contributed by atoms with Crippen LogP contribution < -0.4 is 4.74 Å². The van der Waals surface area contributed by atoms with Gasteiger partial charge >= 0.3 is 0 Å². The van der Waals surface area contributed by atoms with Crippen LogP contribution in [0.3, 0.4) is 0 Å². The van der Waals surface area contributed by atoms with Crippen molar-refractivity contribution in [3.8, 4) is 5.75 Å². The molecule has 0 amide bonds. The number of hydrogen-bond donors (Lipinski definition) is 1. The van der Waals surface area contributed by atoms with E-state index in [4.69, 9.17) is 4.74 Å². The average molecular weight is 325 g/mol. The molecule has 0 aliphatic rings. The van der Waals surface area contributed by atoms with E-state index in [9.17, 15) is 9.50 Å². The van der Waals surface area contributed by atoms with E-state index in [0.717, 1.165) is 10.0 Å². The molecule has 2 aromatic rings. The minimum atomic E-state index is -0.688. The fraction of sp³-hybridized carbons (Fsp3) is 0.200. The van der Waals surface area contributed by atoms with Gasteiger partial charge in [-0.25, -0.2) is 4.39 Å². The molecule has 1 N–H and O–H groups in total. The molecule has 0 saturated heterocycles. The quantitative estimate of drug-likeness (QED) is 0.912. The fourth-order valence-corrected chi connectivity index (χ4v) is 2.06. The highest BCUT2D eigenvalue weighted by Crippen LogP contribution is 2.24. The number of rotatable bonds is 4. The summed E-state index contributed by atoms with van der Waals surface area (Å²) < 4.78 is 20.1. The Bertz CT molecular complexity index is 570. The Morgan fingerprint density at radius 3 is 2.63 bits per heavy atom. The van der Waals surface area contributed by atoms with Crippen LogP contribution in [0.25, 0.3) is 0 Å². The number of ether oxygens (including phenoxy) is 1. The molecule has 0 aliphatic heterocycles. The zero-order valence-electron chi connectivity index (χ0n) is 10.4. The fourth-order valence-electron chi connectivity index (χ4n) is 1.66. The second-order valence-corrected chi connectivity index (χ2v) is 5.10. The van der Waals surface area contributed by atoms with Crippen LogP contribution in [0.5, 0.6) is 5.75 Å². The summed E-state index contributed by atoms with van der Waals surface area (Å²) in [5.41, 5.74) is 1.48. The Balaban J connectivity index is 2.10. The zero-order chi connectivity index (χ0) is 13.8. The molecule has 0 saturated carbocycles. The molecule has 2 aromatic carbocycles. The van der Waals surface area contributed by atoms with Crippen LogP contribution in [0.2, 0.25) is 0 Å². The molecule has 100 valence electrons. The molecule has 0 fully saturated rings. The third-order valence-corrected chi connectivity index (χ3v) is 3.55. The Morgan fingerprint density at radius 2 is 2.00 bits per heavy atom. The van der Waals surface area contributed by atoms with E-state index in [1.54, 1.807) is 13.0 Å². The van der Waals surface area contributed by atoms with E-state index in [-0.39, 0.29) is 12.4 Å². The lowest BCUT2D eigenvalue weighted by Crippen LogP contribution is -1.99. The predicted molar refractivity (Wildman–Crippen MR) is 75.5 cm³/mol. The third-order valence-electron chi connectivity index (χ3n) is 2.78. The molecule has 2 rings (SSSR count). The van der Waals surface area contributed by atoms with Gasteiger partial charge in [-0.2, -0.15) is 0 Å². The molecule has 2 nitrogen and oxygen atoms in total. The average Bonchev–Trinajstić information content (AvgIpc) is 2.39. The molecule has 0 spiro atoms. The van der Waals surface area contributed by atoms with Crippen molar-refractivity contribution in [1.82, 2.24) is 0 Å². The number of hydrogen-bond acceptors (Lipinski definition) is 2. The van der Waals surface area contributed by atoms with Gasteiger partial charge < -0.3 is 9.84 Å². The van der Waals surface area contributed by atoms with Crippen molar-refractivity contribution in [2.75, 3.05) is 0 Å². The van der Waals surface area contributed by atoms with E-state index < -0.39 is 11.9 Å². The largest absolute Gasteiger partial charge is 0.486 e. The van der Waals surface area contributed by atoms with Crippen LogP contribution in [-0.4, -0.2) is 5.11 Å². The molecule has 0 radical (unpaired) electrons. The number of benzene rings is 2. The van der Waals surface area contributed by atoms with Crippen molar-refractivity contribution >= 4 is 15.9 Å². The highest BCUT2D eigenvalue weighted by Gasteiger charge is 2.08. The highest BCUT2D eigenvalue weighted by molar-refractivity contribution is 9.10. The van der Waals surface area contributed by atoms with Crippen LogP contribution in [0.1, 0.15) is 24.2 Å². The lowest BCUT2D eigenvalue weighted by atomic mass is 10.1. The van der Waals surface area contributed by atoms with E-state index in [2.05, 4.69) is 15.9 Å². The van der Waals surface area contributed by atoms with Gasteiger partial charge in [0.2, 0.25) is 0 Å². The van der Waals surface area contributed by atoms with Gasteiger partial charge in [0.15, 0.2) is 11.6 Å². The lowest BCUT2D eigenvalue weighted by Gasteiger charge is -2.11. The van der Waals surface area contributed by atoms with E-state index in [0.29, 0.717) is 5.56 Å². The van der Waals surface area contributed by atoms with Crippen molar-refractivity contribution in [3.05, 3.63) is 63.9 Å². The molecule has 0 aliphatic carbocycles. The van der Waals surface area contributed by atoms with Gasteiger partial charge in [0, 0.05) is 10.0 Å². The van der Waals surface area contributed by atoms with Crippen LogP contribution in [0.15, 0.2) is 46.9 Å². The van der Waals surface area contributed by atoms with Crippen LogP contribution in [0, 0.1) is 5.82 Å². The molecule has 1 unspecified atom stereocenters. The molecular weight excluding hydrogens is 311 g/mol. The first-order chi connectivity index (χ1) is 9.08. The second kappa shape index (κ2) is 6.17. The molecule has 0 aromatic heterocycles. The molecular formula is C15H14BrFO2. The maximum Gasteiger partial charge on any atom is 0.165 e. The number of aliphatic hydroxyl groups excluding tert-OH is 1. The first-order valence-electron chi connectivity index (χ1n) is 5.91. The lowest BCUT2D eigenvalue weighted by molar-refractivity contribution is 0.198. The Morgan fingerprint density at radius 1 is 1.26 bits per heavy atom. The minimum absolute atomic E-state index is 0.181. The van der Waals surface area contributed by atoms with Gasteiger partial charge in [-0.15, -0.1) is 0 Å². The van der Waals surface area contributed by atoms with Crippen molar-refractivity contribution in [2.24, 2.45) is 0 Å². The summed E-state index contributed by atoms with van der Waals surface area (Å²) in [5, 5.41) is 9.37. The smallest absolute Gasteiger partial charge is 0.165 e. The Labute approximate surface area is 120 Å². The maximum atomic E-state index is 13.8. The summed E-state index contributed by atoms with van der Waals surface area (Å²) in [6.45, 7) is 1.88. The van der Waals surface area contributed by atoms with Crippen molar-refractivity contribution in [2.45, 2.75) is 19.6 Å². The van der Waals surface area contributed by atoms with Gasteiger partial charge in [-0.1, -0.05) is 40.2 Å². The van der Waals surface area contributed by atoms with Gasteiger partial charge in [0.25, 0.3) is 0 Å². The molecule has 1 atom stereocenters. The summed E-state index contributed by atoms with van der Waals surface area (Å²) in [7, 11) is 0. The number of aliphatic hydroxyl groups is 1. The first-order valence-corrected chi connectivity index (χ1v) is 6.71. The minimum Gasteiger partial charge on any atom is -0.486 e. The highest BCUT2D eigenvalue weighted by atomic mass is 79.9. The summed E-state index contributed by atoms with van der Waals surface area (Å²) in [6, 6.07) is 12.1. The van der Waals surface area contributed by atoms with Crippen molar-refractivity contribution in [3.63, 3.8) is 0 Å². The van der Waals surface area contributed by atoms with Gasteiger partial charge in [0.05, 0.1) is 6.10 Å². The van der Waals surface area contributed by atoms with E-state index >= 15 is 0 Å². The second-order valence-electron chi connectivity index (χ2n) is 4.25. The van der Waals surface area contributed by atoms with Crippen LogP contribution >= 0.6 is 15.9 Å². The molecule has 19 heavy (non-hydrogen) atoms. The summed E-state index contributed by atoms with van der Waals surface area (Å²) in [5.74, 6) is -0.286. The standard InChI is InChI=1S/C15H14BrFO2/c1-10(18)11-6-7-15(14(17)8-11)19-9-12-4-2-3-5-13(12)16/h2-8,10,18H,9H2,1H3. The number of halogens is 2. The monoisotopic (exact) mass is 324 g/mol. The molecule has 0 heterocycles. The summed E-state index contributed by atoms with van der Waals surface area (Å²) >= 11 is 3.41. The van der Waals surface area contributed by atoms with Gasteiger partial charge in [0.1, 0.15) is 6.61 Å². The van der Waals surface area contributed by atoms with Gasteiger partial charge in [-0.3, -0.25) is 0 Å². The van der Waals surface area contributed by atoms with Crippen LogP contribution in [-0.2, 0) is 6.61 Å². The van der Waals surface area contributed by atoms with E-state index in [1.807, 2.05) is 24.3 Å². The summed E-state index contributed by atoms with van der Waals surface area (Å²) in [4.78, 5) is 0. The maximum absolute atomic E-state index is 13.8. The van der Waals surface area contributed by atoms with E-state index in [1.165, 1.54) is 12.1 Å². The Hall–Kier alpha value is -1.39. The van der Waals surface area contributed by atoms with Gasteiger partial charge in [-0.05, 0) is 30.7 Å². The first kappa shape index (κ1) is 14.0. The van der Waals surface area contributed by atoms with Crippen LogP contribution in [0.4, 0.5) is 4.39 Å². The normalized spacial score (nSPS) is 12.2. The van der Waals surface area contributed by atoms with Crippen molar-refractivity contribution in [1.29, 1.82) is 0 Å². The Kier molecular flexibility index (Phi) is 4.56. The summed E-state index contributed by atoms with van der Waals surface area (Å²) in [6.07, 6.45) is -0.688.